The molecule has 1 aromatic carbocycles. The predicted molar refractivity (Wildman–Crippen MR) is 90.9 cm³/mol. The fraction of sp³-hybridized carbons (Fsp3) is 0.294. The molecule has 0 aliphatic carbocycles. The molecule has 0 radical (unpaired) electrons. The summed E-state index contributed by atoms with van der Waals surface area (Å²) in [7, 11) is 0. The van der Waals surface area contributed by atoms with Gasteiger partial charge in [0.2, 0.25) is 5.82 Å². The van der Waals surface area contributed by atoms with Crippen molar-refractivity contribution >= 4 is 17.1 Å². The second kappa shape index (κ2) is 6.04. The molecule has 0 N–H and O–H groups in total. The van der Waals surface area contributed by atoms with Gasteiger partial charge in [-0.05, 0) is 66.6 Å². The van der Waals surface area contributed by atoms with Crippen LogP contribution in [0.2, 0.25) is 0 Å². The Balaban J connectivity index is 1.97. The van der Waals surface area contributed by atoms with Crippen molar-refractivity contribution in [1.82, 2.24) is 20.2 Å². The van der Waals surface area contributed by atoms with Gasteiger partial charge in [0.25, 0.3) is 0 Å². The third kappa shape index (κ3) is 2.94. The molecule has 3 aromatic rings. The minimum atomic E-state index is 0.0896. The summed E-state index contributed by atoms with van der Waals surface area (Å²) in [5.74, 6) is 0.715. The first-order valence-electron chi connectivity index (χ1n) is 7.38. The lowest BCUT2D eigenvalue weighted by Gasteiger charge is -2.15. The summed E-state index contributed by atoms with van der Waals surface area (Å²) in [6, 6.07) is 4.03. The smallest absolute Gasteiger partial charge is 0.205 e. The van der Waals surface area contributed by atoms with Crippen LogP contribution < -0.4 is 0 Å². The van der Waals surface area contributed by atoms with Crippen LogP contribution in [0.25, 0.3) is 11.4 Å². The number of ketones is 1. The number of carbonyl (C=O) groups is 1. The highest BCUT2D eigenvalue weighted by Gasteiger charge is 2.16. The SMILES string of the molecule is CC(=O)c1c(C)cc(C)c(Cn2nnc(-c3ccsc3)n2)c1C. The zero-order valence-electron chi connectivity index (χ0n) is 13.6. The maximum absolute atomic E-state index is 11.9. The maximum Gasteiger partial charge on any atom is 0.205 e. The average Bonchev–Trinajstić information content (AvgIpc) is 3.13. The number of aromatic nitrogens is 4. The Bertz CT molecular complexity index is 865. The molecule has 0 bridgehead atoms. The van der Waals surface area contributed by atoms with Crippen molar-refractivity contribution in [1.29, 1.82) is 0 Å². The highest BCUT2D eigenvalue weighted by molar-refractivity contribution is 7.08. The first-order chi connectivity index (χ1) is 11.0. The third-order valence-corrected chi connectivity index (χ3v) is 4.70. The second-order valence-corrected chi connectivity index (χ2v) is 6.48. The molecule has 6 heteroatoms. The van der Waals surface area contributed by atoms with Crippen molar-refractivity contribution < 1.29 is 4.79 Å². The Morgan fingerprint density at radius 3 is 2.70 bits per heavy atom. The number of aryl methyl sites for hydroxylation is 2. The normalized spacial score (nSPS) is 11.0. The summed E-state index contributed by atoms with van der Waals surface area (Å²) in [4.78, 5) is 13.5. The van der Waals surface area contributed by atoms with Crippen LogP contribution in [0.3, 0.4) is 0 Å². The van der Waals surface area contributed by atoms with Gasteiger partial charge < -0.3 is 0 Å². The average molecular weight is 326 g/mol. The van der Waals surface area contributed by atoms with E-state index in [2.05, 4.69) is 28.4 Å². The summed E-state index contributed by atoms with van der Waals surface area (Å²) in [5.41, 5.74) is 6.01. The zero-order valence-corrected chi connectivity index (χ0v) is 14.4. The first-order valence-corrected chi connectivity index (χ1v) is 8.32. The van der Waals surface area contributed by atoms with Crippen molar-refractivity contribution in [3.63, 3.8) is 0 Å². The number of hydrogen-bond acceptors (Lipinski definition) is 5. The number of Topliss-reactive ketones (excluding diaryl/α,β-unsaturated/α-hetero) is 1. The van der Waals surface area contributed by atoms with E-state index in [9.17, 15) is 4.79 Å². The fourth-order valence-electron chi connectivity index (χ4n) is 2.97. The molecule has 0 spiro atoms. The van der Waals surface area contributed by atoms with Crippen LogP contribution in [0.1, 0.15) is 39.5 Å². The molecule has 3 rings (SSSR count). The highest BCUT2D eigenvalue weighted by Crippen LogP contribution is 2.24. The largest absolute Gasteiger partial charge is 0.294 e. The molecule has 0 fully saturated rings. The van der Waals surface area contributed by atoms with Crippen LogP contribution in [0, 0.1) is 20.8 Å². The fourth-order valence-corrected chi connectivity index (χ4v) is 3.60. The molecule has 0 atom stereocenters. The number of hydrogen-bond donors (Lipinski definition) is 0. The lowest BCUT2D eigenvalue weighted by Crippen LogP contribution is -2.11. The molecule has 0 aliphatic heterocycles. The van der Waals surface area contributed by atoms with Gasteiger partial charge in [0, 0.05) is 16.5 Å². The van der Waals surface area contributed by atoms with Crippen LogP contribution in [-0.4, -0.2) is 26.0 Å². The zero-order chi connectivity index (χ0) is 16.6. The number of carbonyl (C=O) groups excluding carboxylic acids is 1. The lowest BCUT2D eigenvalue weighted by atomic mass is 9.91. The molecule has 0 amide bonds. The van der Waals surface area contributed by atoms with Crippen LogP contribution >= 0.6 is 11.3 Å². The number of nitrogens with zero attached hydrogens (tertiary/aromatic N) is 4. The molecule has 118 valence electrons. The number of rotatable bonds is 4. The number of benzene rings is 1. The van der Waals surface area contributed by atoms with Gasteiger partial charge in [-0.25, -0.2) is 0 Å². The van der Waals surface area contributed by atoms with E-state index in [1.807, 2.05) is 30.7 Å². The molecular formula is C17H18N4OS. The summed E-state index contributed by atoms with van der Waals surface area (Å²) < 4.78 is 0. The molecule has 0 aliphatic rings. The van der Waals surface area contributed by atoms with Gasteiger partial charge in [-0.15, -0.1) is 10.2 Å². The predicted octanol–water partition coefficient (Wildman–Crippen LogP) is 3.58. The Morgan fingerprint density at radius 1 is 1.26 bits per heavy atom. The topological polar surface area (TPSA) is 60.7 Å². The molecule has 0 saturated heterocycles. The van der Waals surface area contributed by atoms with E-state index in [4.69, 9.17) is 0 Å². The Morgan fingerprint density at radius 2 is 2.04 bits per heavy atom. The lowest BCUT2D eigenvalue weighted by molar-refractivity contribution is 0.101. The first kappa shape index (κ1) is 15.6. The Kier molecular flexibility index (Phi) is 4.09. The van der Waals surface area contributed by atoms with Crippen molar-refractivity contribution in [2.45, 2.75) is 34.2 Å². The van der Waals surface area contributed by atoms with Gasteiger partial charge in [-0.1, -0.05) is 6.07 Å². The molecular weight excluding hydrogens is 308 g/mol. The standard InChI is InChI=1S/C17H18N4OS/c1-10-7-11(2)16(13(4)22)12(3)15(10)8-21-19-17(18-20-21)14-5-6-23-9-14/h5-7,9H,8H2,1-4H3. The molecule has 5 nitrogen and oxygen atoms in total. The van der Waals surface area contributed by atoms with E-state index >= 15 is 0 Å². The maximum atomic E-state index is 11.9. The van der Waals surface area contributed by atoms with Crippen LogP contribution in [-0.2, 0) is 6.54 Å². The van der Waals surface area contributed by atoms with Gasteiger partial charge >= 0.3 is 0 Å². The number of thiophene rings is 1. The van der Waals surface area contributed by atoms with Crippen LogP contribution in [0.15, 0.2) is 22.9 Å². The molecule has 2 heterocycles. The minimum absolute atomic E-state index is 0.0896. The monoisotopic (exact) mass is 326 g/mol. The quantitative estimate of drug-likeness (QED) is 0.688. The van der Waals surface area contributed by atoms with Gasteiger partial charge in [-0.3, -0.25) is 4.79 Å². The Hall–Kier alpha value is -2.34. The molecule has 2 aromatic heterocycles. The van der Waals surface area contributed by atoms with E-state index in [1.54, 1.807) is 23.1 Å². The van der Waals surface area contributed by atoms with E-state index in [1.165, 1.54) is 0 Å². The number of tetrazole rings is 1. The van der Waals surface area contributed by atoms with Crippen molar-refractivity contribution in [3.8, 4) is 11.4 Å². The molecule has 0 saturated carbocycles. The van der Waals surface area contributed by atoms with E-state index in [-0.39, 0.29) is 5.78 Å². The third-order valence-electron chi connectivity index (χ3n) is 4.01. The van der Waals surface area contributed by atoms with E-state index < -0.39 is 0 Å². The summed E-state index contributed by atoms with van der Waals surface area (Å²) in [6.45, 7) is 8.13. The van der Waals surface area contributed by atoms with Crippen LogP contribution in [0.4, 0.5) is 0 Å². The summed E-state index contributed by atoms with van der Waals surface area (Å²) >= 11 is 1.60. The van der Waals surface area contributed by atoms with E-state index in [0.717, 1.165) is 33.4 Å². The van der Waals surface area contributed by atoms with Gasteiger partial charge in [0.15, 0.2) is 5.78 Å². The highest BCUT2D eigenvalue weighted by atomic mass is 32.1. The Labute approximate surface area is 139 Å². The minimum Gasteiger partial charge on any atom is -0.294 e. The molecule has 23 heavy (non-hydrogen) atoms. The second-order valence-electron chi connectivity index (χ2n) is 5.70. The molecule has 0 unspecified atom stereocenters. The van der Waals surface area contributed by atoms with Gasteiger partial charge in [-0.2, -0.15) is 16.1 Å². The summed E-state index contributed by atoms with van der Waals surface area (Å²) in [6.07, 6.45) is 0. The van der Waals surface area contributed by atoms with Gasteiger partial charge in [0.05, 0.1) is 6.54 Å². The van der Waals surface area contributed by atoms with Crippen molar-refractivity contribution in [2.75, 3.05) is 0 Å². The van der Waals surface area contributed by atoms with E-state index in [0.29, 0.717) is 12.4 Å². The van der Waals surface area contributed by atoms with Crippen molar-refractivity contribution in [3.05, 3.63) is 50.7 Å². The summed E-state index contributed by atoms with van der Waals surface area (Å²) in [5, 5.41) is 16.7. The van der Waals surface area contributed by atoms with Crippen molar-refractivity contribution in [2.24, 2.45) is 0 Å². The van der Waals surface area contributed by atoms with Gasteiger partial charge in [0.1, 0.15) is 0 Å². The van der Waals surface area contributed by atoms with Crippen LogP contribution in [0.5, 0.6) is 0 Å².